The van der Waals surface area contributed by atoms with Crippen LogP contribution in [0.15, 0.2) is 97.1 Å². The Balaban J connectivity index is 0.00000147. The first kappa shape index (κ1) is 32.9. The first-order valence-corrected chi connectivity index (χ1v) is 16.4. The smallest absolute Gasteiger partial charge is 1.00 e. The molecule has 0 radical (unpaired) electrons. The average molecular weight is 698 g/mol. The van der Waals surface area contributed by atoms with Crippen LogP contribution in [0.1, 0.15) is 11.1 Å². The maximum absolute atomic E-state index is 7.17. The summed E-state index contributed by atoms with van der Waals surface area (Å²) in [7, 11) is -2.19. The topological polar surface area (TPSA) is 0 Å². The van der Waals surface area contributed by atoms with E-state index >= 15 is 0 Å². The van der Waals surface area contributed by atoms with Crippen LogP contribution in [0.5, 0.6) is 0 Å². The molecule has 6 rings (SSSR count). The molecule has 0 saturated heterocycles. The number of benzene rings is 4. The summed E-state index contributed by atoms with van der Waals surface area (Å²) in [5.74, 6) is 0. The molecule has 0 unspecified atom stereocenters. The van der Waals surface area contributed by atoms with E-state index in [1.165, 1.54) is 48.8 Å². The zero-order valence-electron chi connectivity index (χ0n) is 22.7. The monoisotopic (exact) mass is 694 g/mol. The molecule has 0 aliphatic carbocycles. The first-order chi connectivity index (χ1) is 17.8. The maximum Gasteiger partial charge on any atom is 4.00 e. The molecule has 0 heterocycles. The molecule has 0 saturated carbocycles. The van der Waals surface area contributed by atoms with Crippen molar-refractivity contribution in [3.05, 3.63) is 118 Å². The minimum atomic E-state index is -2.19. The van der Waals surface area contributed by atoms with Crippen LogP contribution < -0.4 is 35.2 Å². The van der Waals surface area contributed by atoms with Crippen molar-refractivity contribution in [2.24, 2.45) is 0 Å². The van der Waals surface area contributed by atoms with E-state index in [1.807, 2.05) is 12.1 Å². The van der Waals surface area contributed by atoms with Gasteiger partial charge in [0.1, 0.15) is 0 Å². The minimum absolute atomic E-state index is 0. The van der Waals surface area contributed by atoms with Crippen LogP contribution in [0, 0.1) is 13.8 Å². The standard InChI is InChI=1S/C34H28Cl2Si.2ClH.Zr/c1-21-20-28-25(23-12-7-5-8-13-23)16-11-17-26(28)33(21)37(3,4)34-22(2)32(36)31-27(34)18-19-29(35)30(31)24-14-9-6-10-15-24;;;/h5-20H,1-4H3;2*1H;/q-2;;;+4/p-2. The van der Waals surface area contributed by atoms with Gasteiger partial charge in [0.2, 0.25) is 0 Å². The van der Waals surface area contributed by atoms with Gasteiger partial charge in [0.25, 0.3) is 0 Å². The van der Waals surface area contributed by atoms with Crippen molar-refractivity contribution in [2.45, 2.75) is 26.9 Å². The van der Waals surface area contributed by atoms with Crippen LogP contribution in [0.25, 0.3) is 43.8 Å². The predicted molar refractivity (Wildman–Crippen MR) is 166 cm³/mol. The van der Waals surface area contributed by atoms with Gasteiger partial charge in [-0.2, -0.15) is 17.7 Å². The molecule has 6 aromatic carbocycles. The Morgan fingerprint density at radius 2 is 1.25 bits per heavy atom. The molecule has 6 heteroatoms. The molecule has 0 fully saturated rings. The van der Waals surface area contributed by atoms with Gasteiger partial charge in [-0.3, -0.25) is 0 Å². The van der Waals surface area contributed by atoms with Gasteiger partial charge in [-0.05, 0) is 16.7 Å². The molecule has 0 aliphatic heterocycles. The fourth-order valence-electron chi connectivity index (χ4n) is 6.47. The van der Waals surface area contributed by atoms with E-state index < -0.39 is 8.07 Å². The molecular formula is C34H28Cl4SiZr. The fraction of sp³-hybridized carbons (Fsp3) is 0.118. The van der Waals surface area contributed by atoms with Crippen LogP contribution in [-0.2, 0) is 26.2 Å². The van der Waals surface area contributed by atoms with Crippen molar-refractivity contribution in [2.75, 3.05) is 0 Å². The Labute approximate surface area is 279 Å². The van der Waals surface area contributed by atoms with Gasteiger partial charge in [0.15, 0.2) is 0 Å². The number of rotatable bonds is 4. The van der Waals surface area contributed by atoms with Crippen LogP contribution in [0.4, 0.5) is 0 Å². The summed E-state index contributed by atoms with van der Waals surface area (Å²) in [6.07, 6.45) is 0. The van der Waals surface area contributed by atoms with Gasteiger partial charge >= 0.3 is 26.2 Å². The number of hydrogen-bond acceptors (Lipinski definition) is 0. The Hall–Kier alpha value is -1.64. The predicted octanol–water partition coefficient (Wildman–Crippen LogP) is 3.52. The Kier molecular flexibility index (Phi) is 10.4. The second-order valence-corrected chi connectivity index (χ2v) is 15.5. The third kappa shape index (κ3) is 5.22. The third-order valence-electron chi connectivity index (χ3n) is 7.88. The largest absolute Gasteiger partial charge is 4.00 e. The summed E-state index contributed by atoms with van der Waals surface area (Å²) < 4.78 is 0. The number of aryl methyl sites for hydroxylation is 1. The molecule has 0 amide bonds. The molecule has 0 nitrogen and oxygen atoms in total. The van der Waals surface area contributed by atoms with E-state index in [2.05, 4.69) is 112 Å². The van der Waals surface area contributed by atoms with E-state index in [-0.39, 0.29) is 51.0 Å². The Bertz CT molecular complexity index is 1780. The summed E-state index contributed by atoms with van der Waals surface area (Å²) in [5.41, 5.74) is 7.21. The zero-order chi connectivity index (χ0) is 25.9. The van der Waals surface area contributed by atoms with Crippen molar-refractivity contribution < 1.29 is 51.0 Å². The van der Waals surface area contributed by atoms with Crippen molar-refractivity contribution in [3.8, 4) is 22.3 Å². The quantitative estimate of drug-likeness (QED) is 0.196. The summed E-state index contributed by atoms with van der Waals surface area (Å²) in [6.45, 7) is 9.40. The molecular weight excluding hydrogens is 669 g/mol. The summed E-state index contributed by atoms with van der Waals surface area (Å²) in [6, 6.07) is 34.4. The van der Waals surface area contributed by atoms with Crippen molar-refractivity contribution in [3.63, 3.8) is 0 Å². The molecule has 0 aromatic heterocycles. The van der Waals surface area contributed by atoms with Crippen molar-refractivity contribution >= 4 is 63.2 Å². The average Bonchev–Trinajstić information content (AvgIpc) is 3.38. The first-order valence-electron chi connectivity index (χ1n) is 12.7. The SMILES string of the molecule is Cc1cc2c(-c3ccccc3)cccc2[c-]1[Si](C)(C)[c-]1c(C)c(Cl)c2c(-c3ccccc3)c(Cl)ccc21.[Cl-].[Cl-].[Zr+4]. The molecule has 0 spiro atoms. The van der Waals surface area contributed by atoms with Gasteiger partial charge in [-0.25, -0.2) is 0 Å². The van der Waals surface area contributed by atoms with Gasteiger partial charge < -0.3 is 24.8 Å². The molecule has 40 heavy (non-hydrogen) atoms. The van der Waals surface area contributed by atoms with E-state index in [0.717, 1.165) is 26.6 Å². The van der Waals surface area contributed by atoms with Crippen LogP contribution in [0.2, 0.25) is 23.1 Å². The molecule has 200 valence electrons. The summed E-state index contributed by atoms with van der Waals surface area (Å²) >= 11 is 14.0. The second kappa shape index (κ2) is 12.7. The van der Waals surface area contributed by atoms with Gasteiger partial charge in [-0.1, -0.05) is 122 Å². The third-order valence-corrected chi connectivity index (χ3v) is 12.5. The molecule has 0 atom stereocenters. The number of hydrogen-bond donors (Lipinski definition) is 0. The molecule has 6 aromatic rings. The molecule has 0 N–H and O–H groups in total. The van der Waals surface area contributed by atoms with E-state index in [0.29, 0.717) is 0 Å². The van der Waals surface area contributed by atoms with Crippen LogP contribution in [-0.4, -0.2) is 8.07 Å². The summed E-state index contributed by atoms with van der Waals surface area (Å²) in [4.78, 5) is 0. The van der Waals surface area contributed by atoms with Crippen molar-refractivity contribution in [1.82, 2.24) is 0 Å². The molecule has 0 bridgehead atoms. The Morgan fingerprint density at radius 1 is 0.650 bits per heavy atom. The van der Waals surface area contributed by atoms with Crippen LogP contribution >= 0.6 is 23.2 Å². The van der Waals surface area contributed by atoms with Gasteiger partial charge in [-0.15, -0.1) is 61.2 Å². The number of halogens is 4. The molecule has 0 aliphatic rings. The van der Waals surface area contributed by atoms with E-state index in [4.69, 9.17) is 23.2 Å². The normalized spacial score (nSPS) is 11.2. The van der Waals surface area contributed by atoms with E-state index in [1.54, 1.807) is 0 Å². The maximum atomic E-state index is 7.17. The minimum Gasteiger partial charge on any atom is -1.00 e. The number of fused-ring (bicyclic) bond motifs is 2. The van der Waals surface area contributed by atoms with Crippen LogP contribution in [0.3, 0.4) is 0 Å². The Morgan fingerprint density at radius 3 is 1.88 bits per heavy atom. The van der Waals surface area contributed by atoms with Gasteiger partial charge in [0.05, 0.1) is 0 Å². The fourth-order valence-corrected chi connectivity index (χ4v) is 11.2. The zero-order valence-corrected chi connectivity index (χ0v) is 29.2. The van der Waals surface area contributed by atoms with E-state index in [9.17, 15) is 0 Å². The van der Waals surface area contributed by atoms with Crippen molar-refractivity contribution in [1.29, 1.82) is 0 Å². The summed E-state index contributed by atoms with van der Waals surface area (Å²) in [5, 5.41) is 9.45. The second-order valence-electron chi connectivity index (χ2n) is 10.5. The van der Waals surface area contributed by atoms with Gasteiger partial charge in [0, 0.05) is 13.1 Å².